The lowest BCUT2D eigenvalue weighted by Gasteiger charge is -2.12. The lowest BCUT2D eigenvalue weighted by molar-refractivity contribution is 0.0901. The van der Waals surface area contributed by atoms with E-state index in [9.17, 15) is 18.7 Å². The molecule has 2 aromatic carbocycles. The van der Waals surface area contributed by atoms with Crippen LogP contribution in [-0.4, -0.2) is 32.7 Å². The van der Waals surface area contributed by atoms with Gasteiger partial charge in [-0.3, -0.25) is 4.79 Å². The Kier molecular flexibility index (Phi) is 4.58. The van der Waals surface area contributed by atoms with Crippen molar-refractivity contribution in [3.05, 3.63) is 71.8 Å². The number of carbonyl (C=O) groups excluding carboxylic acids is 1. The highest BCUT2D eigenvalue weighted by molar-refractivity contribution is 5.94. The number of aliphatic hydroxyl groups excluding tert-OH is 1. The number of amides is 1. The summed E-state index contributed by atoms with van der Waals surface area (Å²) in [4.78, 5) is 19.5. The van der Waals surface area contributed by atoms with Gasteiger partial charge >= 0.3 is 0 Å². The third-order valence-corrected chi connectivity index (χ3v) is 4.22. The van der Waals surface area contributed by atoms with Crippen molar-refractivity contribution in [1.82, 2.24) is 20.4 Å². The molecular weight excluding hydrogens is 370 g/mol. The number of aromatic nitrogens is 3. The summed E-state index contributed by atoms with van der Waals surface area (Å²) < 4.78 is 31.7. The van der Waals surface area contributed by atoms with E-state index >= 15 is 0 Å². The Morgan fingerprint density at radius 3 is 2.68 bits per heavy atom. The van der Waals surface area contributed by atoms with Gasteiger partial charge in [0.25, 0.3) is 11.8 Å². The molecule has 4 rings (SSSR count). The van der Waals surface area contributed by atoms with Gasteiger partial charge in [0.15, 0.2) is 0 Å². The van der Waals surface area contributed by atoms with Gasteiger partial charge in [0.05, 0.1) is 6.61 Å². The molecule has 0 aliphatic rings. The second-order valence-corrected chi connectivity index (χ2v) is 6.06. The third kappa shape index (κ3) is 3.35. The lowest BCUT2D eigenvalue weighted by atomic mass is 10.1. The summed E-state index contributed by atoms with van der Waals surface area (Å²) in [5.74, 6) is -1.24. The van der Waals surface area contributed by atoms with Crippen molar-refractivity contribution < 1.29 is 23.2 Å². The molecule has 0 aliphatic heterocycles. The average molecular weight is 384 g/mol. The van der Waals surface area contributed by atoms with E-state index in [1.165, 1.54) is 24.3 Å². The van der Waals surface area contributed by atoms with Crippen molar-refractivity contribution in [3.63, 3.8) is 0 Å². The number of H-pyrrole nitrogens is 1. The molecule has 9 heteroatoms. The molecule has 0 bridgehead atoms. The van der Waals surface area contributed by atoms with E-state index in [-0.39, 0.29) is 17.3 Å². The summed E-state index contributed by atoms with van der Waals surface area (Å²) in [5.41, 5.74) is 1.43. The summed E-state index contributed by atoms with van der Waals surface area (Å²) in [5, 5.41) is 16.6. The van der Waals surface area contributed by atoms with Crippen LogP contribution in [0, 0.1) is 11.6 Å². The van der Waals surface area contributed by atoms with Crippen LogP contribution in [0.5, 0.6) is 0 Å². The molecule has 1 unspecified atom stereocenters. The maximum Gasteiger partial charge on any atom is 0.251 e. The zero-order valence-electron chi connectivity index (χ0n) is 14.3. The molecule has 0 fully saturated rings. The van der Waals surface area contributed by atoms with Crippen LogP contribution in [0.4, 0.5) is 8.78 Å². The van der Waals surface area contributed by atoms with Crippen LogP contribution in [0.15, 0.2) is 53.2 Å². The monoisotopic (exact) mass is 384 g/mol. The van der Waals surface area contributed by atoms with Crippen LogP contribution >= 0.6 is 0 Å². The van der Waals surface area contributed by atoms with Crippen molar-refractivity contribution >= 4 is 16.8 Å². The summed E-state index contributed by atoms with van der Waals surface area (Å²) >= 11 is 0. The van der Waals surface area contributed by atoms with Gasteiger partial charge in [-0.2, -0.15) is 4.98 Å². The maximum atomic E-state index is 13.5. The van der Waals surface area contributed by atoms with Crippen molar-refractivity contribution in [2.24, 2.45) is 0 Å². The van der Waals surface area contributed by atoms with Gasteiger partial charge in [-0.15, -0.1) is 0 Å². The molecule has 0 aliphatic carbocycles. The molecule has 2 heterocycles. The largest absolute Gasteiger partial charge is 0.394 e. The van der Waals surface area contributed by atoms with Gasteiger partial charge in [0.1, 0.15) is 17.7 Å². The first-order valence-corrected chi connectivity index (χ1v) is 8.33. The fraction of sp³-hybridized carbons (Fsp3) is 0.105. The van der Waals surface area contributed by atoms with Gasteiger partial charge in [-0.25, -0.2) is 8.78 Å². The normalized spacial score (nSPS) is 12.2. The van der Waals surface area contributed by atoms with E-state index < -0.39 is 30.2 Å². The number of nitrogens with one attached hydrogen (secondary N) is 2. The molecule has 0 saturated carbocycles. The molecule has 7 nitrogen and oxygen atoms in total. The van der Waals surface area contributed by atoms with Crippen molar-refractivity contribution in [2.75, 3.05) is 6.61 Å². The zero-order chi connectivity index (χ0) is 19.7. The number of aromatic amines is 1. The van der Waals surface area contributed by atoms with Crippen LogP contribution in [0.1, 0.15) is 22.3 Å². The highest BCUT2D eigenvalue weighted by Gasteiger charge is 2.22. The fourth-order valence-electron chi connectivity index (χ4n) is 2.79. The van der Waals surface area contributed by atoms with Crippen LogP contribution in [0.3, 0.4) is 0 Å². The Balaban J connectivity index is 1.58. The molecule has 2 aromatic heterocycles. The molecule has 0 spiro atoms. The number of hydrogen-bond donors (Lipinski definition) is 3. The second-order valence-electron chi connectivity index (χ2n) is 6.06. The number of hydrogen-bond acceptors (Lipinski definition) is 5. The SMILES string of the molecule is O=C(NC(CO)c1nc(-c2c[nH]c3ccc(F)cc23)no1)c1ccc(F)cc1. The minimum absolute atomic E-state index is 0.0151. The highest BCUT2D eigenvalue weighted by Crippen LogP contribution is 2.28. The fourth-order valence-corrected chi connectivity index (χ4v) is 2.79. The van der Waals surface area contributed by atoms with E-state index in [0.29, 0.717) is 16.5 Å². The number of rotatable bonds is 5. The van der Waals surface area contributed by atoms with Crippen LogP contribution in [-0.2, 0) is 0 Å². The number of carbonyl (C=O) groups is 1. The molecular formula is C19H14F2N4O3. The minimum atomic E-state index is -0.958. The second kappa shape index (κ2) is 7.20. The molecule has 0 radical (unpaired) electrons. The number of benzene rings is 2. The Hall–Kier alpha value is -3.59. The standard InChI is InChI=1S/C19H14F2N4O3/c20-11-3-1-10(2-4-11)18(27)23-16(9-26)19-24-17(25-28-19)14-8-22-15-6-5-12(21)7-13(14)15/h1-8,16,22,26H,9H2,(H,23,27). The van der Waals surface area contributed by atoms with E-state index in [2.05, 4.69) is 20.4 Å². The van der Waals surface area contributed by atoms with E-state index in [1.54, 1.807) is 12.3 Å². The highest BCUT2D eigenvalue weighted by atomic mass is 19.1. The van der Waals surface area contributed by atoms with E-state index in [1.807, 2.05) is 0 Å². The summed E-state index contributed by atoms with van der Waals surface area (Å²) in [6.07, 6.45) is 1.61. The van der Waals surface area contributed by atoms with E-state index in [0.717, 1.165) is 12.1 Å². The smallest absolute Gasteiger partial charge is 0.251 e. The molecule has 4 aromatic rings. The van der Waals surface area contributed by atoms with Crippen molar-refractivity contribution in [2.45, 2.75) is 6.04 Å². The minimum Gasteiger partial charge on any atom is -0.394 e. The molecule has 142 valence electrons. The Labute approximate surface area is 157 Å². The van der Waals surface area contributed by atoms with Crippen molar-refractivity contribution in [3.8, 4) is 11.4 Å². The molecule has 28 heavy (non-hydrogen) atoms. The molecule has 1 atom stereocenters. The molecule has 3 N–H and O–H groups in total. The summed E-state index contributed by atoms with van der Waals surface area (Å²) in [6.45, 7) is -0.489. The maximum absolute atomic E-state index is 13.5. The number of nitrogens with zero attached hydrogens (tertiary/aromatic N) is 2. The summed E-state index contributed by atoms with van der Waals surface area (Å²) in [6, 6.07) is 8.26. The Morgan fingerprint density at radius 2 is 1.93 bits per heavy atom. The van der Waals surface area contributed by atoms with Crippen molar-refractivity contribution in [1.29, 1.82) is 0 Å². The molecule has 0 saturated heterocycles. The topological polar surface area (TPSA) is 104 Å². The average Bonchev–Trinajstić information content (AvgIpc) is 3.33. The third-order valence-electron chi connectivity index (χ3n) is 4.22. The van der Waals surface area contributed by atoms with E-state index in [4.69, 9.17) is 4.52 Å². The Morgan fingerprint density at radius 1 is 1.18 bits per heavy atom. The van der Waals surface area contributed by atoms with Gasteiger partial charge < -0.3 is 19.9 Å². The van der Waals surface area contributed by atoms with Crippen LogP contribution in [0.25, 0.3) is 22.3 Å². The van der Waals surface area contributed by atoms with Gasteiger partial charge in [0.2, 0.25) is 5.82 Å². The Bertz CT molecular complexity index is 1140. The van der Waals surface area contributed by atoms with Crippen LogP contribution in [0.2, 0.25) is 0 Å². The van der Waals surface area contributed by atoms with Gasteiger partial charge in [-0.1, -0.05) is 5.16 Å². The zero-order valence-corrected chi connectivity index (χ0v) is 14.3. The predicted octanol–water partition coefficient (Wildman–Crippen LogP) is 2.96. The molecule has 1 amide bonds. The first-order chi connectivity index (χ1) is 13.5. The summed E-state index contributed by atoms with van der Waals surface area (Å²) in [7, 11) is 0. The van der Waals surface area contributed by atoms with Gasteiger partial charge in [-0.05, 0) is 42.5 Å². The number of halogens is 2. The first-order valence-electron chi connectivity index (χ1n) is 8.33. The quantitative estimate of drug-likeness (QED) is 0.491. The van der Waals surface area contributed by atoms with Gasteiger partial charge in [0, 0.05) is 28.2 Å². The predicted molar refractivity (Wildman–Crippen MR) is 95.2 cm³/mol. The number of aliphatic hydroxyl groups is 1. The van der Waals surface area contributed by atoms with Crippen LogP contribution < -0.4 is 5.32 Å². The number of fused-ring (bicyclic) bond motifs is 1. The first kappa shape index (κ1) is 17.8. The lowest BCUT2D eigenvalue weighted by Crippen LogP contribution is -2.31.